The van der Waals surface area contributed by atoms with Crippen LogP contribution in [-0.4, -0.2) is 33.6 Å². The molecule has 0 aliphatic rings. The molecule has 0 radical (unpaired) electrons. The van der Waals surface area contributed by atoms with E-state index in [0.717, 1.165) is 11.4 Å². The van der Waals surface area contributed by atoms with E-state index in [2.05, 4.69) is 15.5 Å². The fraction of sp³-hybridized carbons (Fsp3) is 0.174. The number of nitrogens with zero attached hydrogens (tertiary/aromatic N) is 3. The van der Waals surface area contributed by atoms with Gasteiger partial charge in [-0.25, -0.2) is 0 Å². The zero-order valence-electron chi connectivity index (χ0n) is 17.4. The van der Waals surface area contributed by atoms with Crippen molar-refractivity contribution in [1.29, 1.82) is 0 Å². The van der Waals surface area contributed by atoms with Crippen molar-refractivity contribution < 1.29 is 14.3 Å². The quantitative estimate of drug-likeness (QED) is 0.384. The molecule has 1 atom stereocenters. The Morgan fingerprint density at radius 3 is 2.50 bits per heavy atom. The predicted octanol–water partition coefficient (Wildman–Crippen LogP) is 5.53. The molecule has 0 fully saturated rings. The minimum Gasteiger partial charge on any atom is -0.494 e. The van der Waals surface area contributed by atoms with E-state index < -0.39 is 6.10 Å². The Kier molecular flexibility index (Phi) is 6.48. The molecule has 0 aliphatic carbocycles. The molecular formula is C23H20Cl2N4O3. The second-order valence-corrected chi connectivity index (χ2v) is 7.79. The molecule has 9 heteroatoms. The maximum Gasteiger partial charge on any atom is 0.265 e. The lowest BCUT2D eigenvalue weighted by Gasteiger charge is -2.15. The number of hydrogen-bond acceptors (Lipinski definition) is 5. The first kappa shape index (κ1) is 21.9. The van der Waals surface area contributed by atoms with Gasteiger partial charge in [0.1, 0.15) is 22.5 Å². The van der Waals surface area contributed by atoms with Crippen LogP contribution in [0.1, 0.15) is 13.8 Å². The Hall–Kier alpha value is -3.29. The molecule has 4 rings (SSSR count). The van der Waals surface area contributed by atoms with E-state index in [1.54, 1.807) is 48.1 Å². The summed E-state index contributed by atoms with van der Waals surface area (Å²) in [5.41, 5.74) is 2.73. The van der Waals surface area contributed by atoms with Crippen molar-refractivity contribution in [2.24, 2.45) is 0 Å². The highest BCUT2D eigenvalue weighted by atomic mass is 35.5. The topological polar surface area (TPSA) is 78.3 Å². The highest BCUT2D eigenvalue weighted by Gasteiger charge is 2.17. The van der Waals surface area contributed by atoms with Gasteiger partial charge in [-0.1, -0.05) is 23.2 Å². The number of carbonyl (C=O) groups is 1. The predicted molar refractivity (Wildman–Crippen MR) is 125 cm³/mol. The lowest BCUT2D eigenvalue weighted by Crippen LogP contribution is -2.30. The third kappa shape index (κ3) is 4.95. The number of fused-ring (bicyclic) bond motifs is 1. The molecule has 1 amide bonds. The summed E-state index contributed by atoms with van der Waals surface area (Å²) >= 11 is 12.0. The second-order valence-electron chi connectivity index (χ2n) is 6.94. The summed E-state index contributed by atoms with van der Waals surface area (Å²) in [5.74, 6) is 0.843. The van der Waals surface area contributed by atoms with E-state index in [-0.39, 0.29) is 5.91 Å². The highest BCUT2D eigenvalue weighted by Crippen LogP contribution is 2.28. The number of hydrogen-bond donors (Lipinski definition) is 1. The van der Waals surface area contributed by atoms with Gasteiger partial charge in [-0.15, -0.1) is 10.2 Å². The molecular weight excluding hydrogens is 451 g/mol. The molecule has 32 heavy (non-hydrogen) atoms. The largest absolute Gasteiger partial charge is 0.494 e. The zero-order chi connectivity index (χ0) is 22.7. The van der Waals surface area contributed by atoms with Crippen LogP contribution in [0.3, 0.4) is 0 Å². The van der Waals surface area contributed by atoms with Gasteiger partial charge in [-0.3, -0.25) is 4.79 Å². The van der Waals surface area contributed by atoms with Crippen LogP contribution >= 0.6 is 23.2 Å². The molecule has 0 aliphatic heterocycles. The zero-order valence-corrected chi connectivity index (χ0v) is 18.9. The van der Waals surface area contributed by atoms with E-state index >= 15 is 0 Å². The molecule has 1 heterocycles. The Morgan fingerprint density at radius 2 is 1.78 bits per heavy atom. The molecule has 0 bridgehead atoms. The van der Waals surface area contributed by atoms with Gasteiger partial charge in [0.2, 0.25) is 0 Å². The summed E-state index contributed by atoms with van der Waals surface area (Å²) in [6, 6.07) is 17.7. The number of amides is 1. The molecule has 0 saturated carbocycles. The molecule has 3 aromatic carbocycles. The van der Waals surface area contributed by atoms with Gasteiger partial charge < -0.3 is 14.8 Å². The SMILES string of the molecule is CCOc1ccc(-n2nc3ccc(NC(=O)[C@H](C)Oc4ccc(Cl)cc4Cl)cc3n2)cc1. The maximum atomic E-state index is 12.6. The molecule has 0 unspecified atom stereocenters. The maximum absolute atomic E-state index is 12.6. The molecule has 1 N–H and O–H groups in total. The van der Waals surface area contributed by atoms with Gasteiger partial charge in [-0.05, 0) is 74.5 Å². The number of ether oxygens (including phenoxy) is 2. The van der Waals surface area contributed by atoms with Crippen molar-refractivity contribution in [2.45, 2.75) is 20.0 Å². The van der Waals surface area contributed by atoms with Crippen molar-refractivity contribution in [3.8, 4) is 17.2 Å². The number of nitrogens with one attached hydrogen (secondary N) is 1. The van der Waals surface area contributed by atoms with Gasteiger partial charge in [0.15, 0.2) is 6.10 Å². The number of halogens is 2. The van der Waals surface area contributed by atoms with Crippen LogP contribution in [0.15, 0.2) is 60.7 Å². The van der Waals surface area contributed by atoms with E-state index in [0.29, 0.717) is 39.1 Å². The lowest BCUT2D eigenvalue weighted by atomic mass is 10.2. The normalized spacial score (nSPS) is 11.9. The fourth-order valence-corrected chi connectivity index (χ4v) is 3.46. The van der Waals surface area contributed by atoms with Crippen LogP contribution in [0.5, 0.6) is 11.5 Å². The highest BCUT2D eigenvalue weighted by molar-refractivity contribution is 6.35. The summed E-state index contributed by atoms with van der Waals surface area (Å²) in [5, 5.41) is 12.7. The molecule has 4 aromatic rings. The van der Waals surface area contributed by atoms with Gasteiger partial charge >= 0.3 is 0 Å². The smallest absolute Gasteiger partial charge is 0.265 e. The van der Waals surface area contributed by atoms with Crippen LogP contribution < -0.4 is 14.8 Å². The molecule has 1 aromatic heterocycles. The first-order valence-electron chi connectivity index (χ1n) is 9.96. The third-order valence-corrected chi connectivity index (χ3v) is 5.12. The summed E-state index contributed by atoms with van der Waals surface area (Å²) in [6.07, 6.45) is -0.774. The number of rotatable bonds is 7. The van der Waals surface area contributed by atoms with Crippen LogP contribution in [-0.2, 0) is 4.79 Å². The number of anilines is 1. The molecule has 7 nitrogen and oxygen atoms in total. The summed E-state index contributed by atoms with van der Waals surface area (Å²) in [6.45, 7) is 4.18. The van der Waals surface area contributed by atoms with Crippen LogP contribution in [0.2, 0.25) is 10.0 Å². The van der Waals surface area contributed by atoms with Gasteiger partial charge in [0.25, 0.3) is 5.91 Å². The summed E-state index contributed by atoms with van der Waals surface area (Å²) in [7, 11) is 0. The summed E-state index contributed by atoms with van der Waals surface area (Å²) in [4.78, 5) is 14.1. The Balaban J connectivity index is 1.46. The summed E-state index contributed by atoms with van der Waals surface area (Å²) < 4.78 is 11.1. The van der Waals surface area contributed by atoms with Gasteiger partial charge in [-0.2, -0.15) is 4.80 Å². The lowest BCUT2D eigenvalue weighted by molar-refractivity contribution is -0.122. The van der Waals surface area contributed by atoms with Crippen molar-refractivity contribution in [2.75, 3.05) is 11.9 Å². The standard InChI is InChI=1S/C23H20Cl2N4O3/c1-3-31-18-8-6-17(7-9-18)29-27-20-10-5-16(13-21(20)28-29)26-23(30)14(2)32-22-11-4-15(24)12-19(22)25/h4-14H,3H2,1-2H3,(H,26,30)/t14-/m0/s1. The average Bonchev–Trinajstić information content (AvgIpc) is 3.20. The third-order valence-electron chi connectivity index (χ3n) is 4.59. The Labute approximate surface area is 194 Å². The Morgan fingerprint density at radius 1 is 1.03 bits per heavy atom. The van der Waals surface area contributed by atoms with Gasteiger partial charge in [0, 0.05) is 10.7 Å². The molecule has 0 saturated heterocycles. The fourth-order valence-electron chi connectivity index (χ4n) is 3.01. The van der Waals surface area contributed by atoms with Crippen molar-refractivity contribution in [1.82, 2.24) is 15.0 Å². The van der Waals surface area contributed by atoms with Crippen LogP contribution in [0.25, 0.3) is 16.7 Å². The minimum atomic E-state index is -0.774. The van der Waals surface area contributed by atoms with Crippen LogP contribution in [0, 0.1) is 0 Å². The van der Waals surface area contributed by atoms with E-state index in [9.17, 15) is 4.79 Å². The number of benzene rings is 3. The van der Waals surface area contributed by atoms with E-state index in [4.69, 9.17) is 32.7 Å². The van der Waals surface area contributed by atoms with Gasteiger partial charge in [0.05, 0.1) is 17.3 Å². The van der Waals surface area contributed by atoms with Crippen LogP contribution in [0.4, 0.5) is 5.69 Å². The van der Waals surface area contributed by atoms with E-state index in [1.165, 1.54) is 0 Å². The van der Waals surface area contributed by atoms with Crippen molar-refractivity contribution in [3.63, 3.8) is 0 Å². The van der Waals surface area contributed by atoms with E-state index in [1.807, 2.05) is 31.2 Å². The Bertz CT molecular complexity index is 1260. The monoisotopic (exact) mass is 470 g/mol. The molecule has 0 spiro atoms. The minimum absolute atomic E-state index is 0.325. The first-order chi connectivity index (χ1) is 15.4. The first-order valence-corrected chi connectivity index (χ1v) is 10.7. The average molecular weight is 471 g/mol. The number of carbonyl (C=O) groups excluding carboxylic acids is 1. The number of aromatic nitrogens is 3. The van der Waals surface area contributed by atoms with Crippen molar-refractivity contribution in [3.05, 3.63) is 70.7 Å². The second kappa shape index (κ2) is 9.46. The van der Waals surface area contributed by atoms with Crippen molar-refractivity contribution >= 4 is 45.8 Å². The molecule has 164 valence electrons.